The molecular formula is C14H20N2OS. The van der Waals surface area contributed by atoms with E-state index in [2.05, 4.69) is 17.1 Å². The first-order valence-corrected chi connectivity index (χ1v) is 6.83. The molecule has 0 bridgehead atoms. The molecule has 4 heteroatoms. The van der Waals surface area contributed by atoms with Gasteiger partial charge in [0.2, 0.25) is 0 Å². The first-order chi connectivity index (χ1) is 8.70. The van der Waals surface area contributed by atoms with Gasteiger partial charge in [-0.05, 0) is 50.5 Å². The van der Waals surface area contributed by atoms with E-state index in [4.69, 9.17) is 17.0 Å². The lowest BCUT2D eigenvalue weighted by atomic mass is 10.0. The largest absolute Gasteiger partial charge is 0.497 e. The van der Waals surface area contributed by atoms with Crippen LogP contribution in [-0.2, 0) is 0 Å². The number of rotatable bonds is 2. The van der Waals surface area contributed by atoms with Crippen LogP contribution in [0.4, 0.5) is 5.69 Å². The third-order valence-corrected chi connectivity index (χ3v) is 3.72. The second-order valence-corrected chi connectivity index (χ2v) is 5.09. The van der Waals surface area contributed by atoms with Gasteiger partial charge in [-0.1, -0.05) is 6.07 Å². The predicted octanol–water partition coefficient (Wildman–Crippen LogP) is 3.27. The van der Waals surface area contributed by atoms with E-state index in [-0.39, 0.29) is 0 Å². The Hall–Kier alpha value is -1.29. The molecule has 0 aromatic heterocycles. The molecule has 0 amide bonds. The fourth-order valence-electron chi connectivity index (χ4n) is 2.30. The number of piperidine rings is 1. The Morgan fingerprint density at radius 2 is 2.28 bits per heavy atom. The molecule has 1 aliphatic rings. The minimum Gasteiger partial charge on any atom is -0.497 e. The molecule has 18 heavy (non-hydrogen) atoms. The van der Waals surface area contributed by atoms with Crippen LogP contribution in [-0.4, -0.2) is 29.7 Å². The number of thiocarbonyl (C=S) groups is 1. The smallest absolute Gasteiger partial charge is 0.173 e. The van der Waals surface area contributed by atoms with Gasteiger partial charge < -0.3 is 15.0 Å². The Balaban J connectivity index is 2.01. The molecule has 98 valence electrons. The van der Waals surface area contributed by atoms with Gasteiger partial charge in [-0.2, -0.15) is 0 Å². The van der Waals surface area contributed by atoms with Crippen molar-refractivity contribution in [2.24, 2.45) is 0 Å². The Morgan fingerprint density at radius 1 is 1.44 bits per heavy atom. The topological polar surface area (TPSA) is 24.5 Å². The molecule has 1 N–H and O–H groups in total. The summed E-state index contributed by atoms with van der Waals surface area (Å²) in [6, 6.07) is 8.38. The van der Waals surface area contributed by atoms with Crippen molar-refractivity contribution in [3.05, 3.63) is 24.3 Å². The Bertz CT molecular complexity index is 422. The van der Waals surface area contributed by atoms with Crippen LogP contribution in [0.3, 0.4) is 0 Å². The van der Waals surface area contributed by atoms with Crippen LogP contribution in [0.1, 0.15) is 26.2 Å². The molecule has 2 rings (SSSR count). The van der Waals surface area contributed by atoms with Crippen LogP contribution in [0.5, 0.6) is 5.75 Å². The molecule has 1 aliphatic heterocycles. The van der Waals surface area contributed by atoms with Crippen molar-refractivity contribution in [3.8, 4) is 5.75 Å². The maximum Gasteiger partial charge on any atom is 0.173 e. The van der Waals surface area contributed by atoms with Crippen LogP contribution in [0.15, 0.2) is 24.3 Å². The number of hydrogen-bond acceptors (Lipinski definition) is 2. The molecule has 1 aromatic carbocycles. The fourth-order valence-corrected chi connectivity index (χ4v) is 2.69. The Kier molecular flexibility index (Phi) is 4.42. The summed E-state index contributed by atoms with van der Waals surface area (Å²) in [6.45, 7) is 3.29. The van der Waals surface area contributed by atoms with Gasteiger partial charge in [0.05, 0.1) is 7.11 Å². The van der Waals surface area contributed by atoms with Crippen LogP contribution >= 0.6 is 12.2 Å². The summed E-state index contributed by atoms with van der Waals surface area (Å²) in [6.07, 6.45) is 3.75. The lowest BCUT2D eigenvalue weighted by Gasteiger charge is -2.35. The van der Waals surface area contributed by atoms with Crippen molar-refractivity contribution in [2.45, 2.75) is 32.2 Å². The zero-order chi connectivity index (χ0) is 13.0. The number of methoxy groups -OCH3 is 1. The minimum atomic E-state index is 0.532. The van der Waals surface area contributed by atoms with Gasteiger partial charge in [0.25, 0.3) is 0 Å². The van der Waals surface area contributed by atoms with E-state index >= 15 is 0 Å². The third-order valence-electron chi connectivity index (χ3n) is 3.38. The number of nitrogens with one attached hydrogen (secondary N) is 1. The van der Waals surface area contributed by atoms with E-state index in [0.717, 1.165) is 23.1 Å². The molecule has 1 heterocycles. The number of hydrogen-bond donors (Lipinski definition) is 1. The summed E-state index contributed by atoms with van der Waals surface area (Å²) < 4.78 is 5.21. The SMILES string of the molecule is COc1cccc(NC(=S)N2CCCCC2C)c1. The second-order valence-electron chi connectivity index (χ2n) is 4.70. The number of likely N-dealkylation sites (tertiary alicyclic amines) is 1. The molecule has 0 spiro atoms. The summed E-state index contributed by atoms with van der Waals surface area (Å²) in [5, 5.41) is 4.11. The van der Waals surface area contributed by atoms with Crippen molar-refractivity contribution in [1.29, 1.82) is 0 Å². The van der Waals surface area contributed by atoms with Crippen molar-refractivity contribution >= 4 is 23.0 Å². The van der Waals surface area contributed by atoms with Crippen LogP contribution in [0.2, 0.25) is 0 Å². The number of nitrogens with zero attached hydrogens (tertiary/aromatic N) is 1. The normalized spacial score (nSPS) is 19.4. The molecule has 1 aromatic rings. The highest BCUT2D eigenvalue weighted by molar-refractivity contribution is 7.80. The molecule has 0 saturated carbocycles. The summed E-state index contributed by atoms with van der Waals surface area (Å²) in [4.78, 5) is 2.28. The maximum absolute atomic E-state index is 5.49. The van der Waals surface area contributed by atoms with Gasteiger partial charge in [0.15, 0.2) is 5.11 Å². The number of benzene rings is 1. The van der Waals surface area contributed by atoms with E-state index < -0.39 is 0 Å². The van der Waals surface area contributed by atoms with Gasteiger partial charge >= 0.3 is 0 Å². The van der Waals surface area contributed by atoms with Crippen molar-refractivity contribution in [1.82, 2.24) is 4.90 Å². The number of ether oxygens (including phenoxy) is 1. The van der Waals surface area contributed by atoms with Crippen LogP contribution in [0, 0.1) is 0 Å². The molecule has 1 saturated heterocycles. The average molecular weight is 264 g/mol. The molecular weight excluding hydrogens is 244 g/mol. The van der Waals surface area contributed by atoms with E-state index in [1.807, 2.05) is 24.3 Å². The zero-order valence-corrected chi connectivity index (χ0v) is 11.8. The van der Waals surface area contributed by atoms with E-state index in [1.54, 1.807) is 7.11 Å². The summed E-state index contributed by atoms with van der Waals surface area (Å²) in [7, 11) is 1.67. The fraction of sp³-hybridized carbons (Fsp3) is 0.500. The number of anilines is 1. The molecule has 1 fully saturated rings. The molecule has 3 nitrogen and oxygen atoms in total. The molecule has 0 radical (unpaired) electrons. The van der Waals surface area contributed by atoms with Gasteiger partial charge in [-0.25, -0.2) is 0 Å². The minimum absolute atomic E-state index is 0.532. The molecule has 1 atom stereocenters. The summed E-state index contributed by atoms with van der Waals surface area (Å²) >= 11 is 5.49. The van der Waals surface area contributed by atoms with Crippen LogP contribution < -0.4 is 10.1 Å². The van der Waals surface area contributed by atoms with E-state index in [1.165, 1.54) is 19.3 Å². The maximum atomic E-state index is 5.49. The van der Waals surface area contributed by atoms with E-state index in [0.29, 0.717) is 6.04 Å². The quantitative estimate of drug-likeness (QED) is 0.829. The molecule has 1 unspecified atom stereocenters. The lowest BCUT2D eigenvalue weighted by Crippen LogP contribution is -2.44. The monoisotopic (exact) mass is 264 g/mol. The third kappa shape index (κ3) is 3.13. The first kappa shape index (κ1) is 13.1. The zero-order valence-electron chi connectivity index (χ0n) is 11.0. The predicted molar refractivity (Wildman–Crippen MR) is 79.2 cm³/mol. The lowest BCUT2D eigenvalue weighted by molar-refractivity contribution is 0.262. The Labute approximate surface area is 114 Å². The van der Waals surface area contributed by atoms with Gasteiger partial charge in [0, 0.05) is 24.3 Å². The van der Waals surface area contributed by atoms with Gasteiger partial charge in [0.1, 0.15) is 5.75 Å². The Morgan fingerprint density at radius 3 is 3.00 bits per heavy atom. The first-order valence-electron chi connectivity index (χ1n) is 6.42. The summed E-state index contributed by atoms with van der Waals surface area (Å²) in [5.74, 6) is 0.842. The molecule has 0 aliphatic carbocycles. The summed E-state index contributed by atoms with van der Waals surface area (Å²) in [5.41, 5.74) is 0.983. The highest BCUT2D eigenvalue weighted by Crippen LogP contribution is 2.20. The van der Waals surface area contributed by atoms with Crippen molar-refractivity contribution in [2.75, 3.05) is 19.0 Å². The highest BCUT2D eigenvalue weighted by atomic mass is 32.1. The van der Waals surface area contributed by atoms with Crippen molar-refractivity contribution < 1.29 is 4.74 Å². The standard InChI is InChI=1S/C14H20N2OS/c1-11-6-3-4-9-16(11)14(18)15-12-7-5-8-13(10-12)17-2/h5,7-8,10-11H,3-4,6,9H2,1-2H3,(H,15,18). The van der Waals surface area contributed by atoms with Crippen molar-refractivity contribution in [3.63, 3.8) is 0 Å². The highest BCUT2D eigenvalue weighted by Gasteiger charge is 2.20. The van der Waals surface area contributed by atoms with E-state index in [9.17, 15) is 0 Å². The van der Waals surface area contributed by atoms with Gasteiger partial charge in [-0.3, -0.25) is 0 Å². The van der Waals surface area contributed by atoms with Gasteiger partial charge in [-0.15, -0.1) is 0 Å². The van der Waals surface area contributed by atoms with Crippen LogP contribution in [0.25, 0.3) is 0 Å². The average Bonchev–Trinajstić information content (AvgIpc) is 2.39. The second kappa shape index (κ2) is 6.05.